The van der Waals surface area contributed by atoms with Crippen LogP contribution in [0.1, 0.15) is 48.0 Å². The van der Waals surface area contributed by atoms with E-state index in [1.807, 2.05) is 4.68 Å². The number of nitrogens with zero attached hydrogens (tertiary/aromatic N) is 3. The van der Waals surface area contributed by atoms with Crippen LogP contribution in [0, 0.1) is 0 Å². The number of carbonyl (C=O) groups is 1. The van der Waals surface area contributed by atoms with Gasteiger partial charge in [-0.05, 0) is 45.0 Å². The standard InChI is InChI=1S/C18H20F3N3O/c1-17(2,3)24-15-8-9-23(11-13(15)10-22-24)16(25)12-4-6-14(7-5-12)18(19,20)21/h4-7,10H,8-9,11H2,1-3H3. The molecule has 0 atom stereocenters. The molecule has 4 nitrogen and oxygen atoms in total. The molecule has 0 saturated carbocycles. The van der Waals surface area contributed by atoms with Crippen LogP contribution in [0.2, 0.25) is 0 Å². The van der Waals surface area contributed by atoms with Crippen molar-refractivity contribution in [3.63, 3.8) is 0 Å². The lowest BCUT2D eigenvalue weighted by Gasteiger charge is -2.30. The van der Waals surface area contributed by atoms with Crippen molar-refractivity contribution in [2.75, 3.05) is 6.54 Å². The van der Waals surface area contributed by atoms with Crippen LogP contribution in [0.5, 0.6) is 0 Å². The van der Waals surface area contributed by atoms with Crippen molar-refractivity contribution in [3.05, 3.63) is 52.8 Å². The molecule has 0 unspecified atom stereocenters. The number of fused-ring (bicyclic) bond motifs is 1. The number of amides is 1. The van der Waals surface area contributed by atoms with E-state index in [0.717, 1.165) is 23.4 Å². The quantitative estimate of drug-likeness (QED) is 0.783. The minimum absolute atomic E-state index is 0.132. The summed E-state index contributed by atoms with van der Waals surface area (Å²) in [5, 5.41) is 4.43. The van der Waals surface area contributed by atoms with Crippen molar-refractivity contribution < 1.29 is 18.0 Å². The first-order valence-electron chi connectivity index (χ1n) is 8.10. The van der Waals surface area contributed by atoms with Gasteiger partial charge in [-0.1, -0.05) is 0 Å². The number of aromatic nitrogens is 2. The molecule has 0 saturated heterocycles. The Morgan fingerprint density at radius 1 is 1.12 bits per heavy atom. The van der Waals surface area contributed by atoms with Gasteiger partial charge >= 0.3 is 6.18 Å². The second-order valence-electron chi connectivity index (χ2n) is 7.25. The average molecular weight is 351 g/mol. The Morgan fingerprint density at radius 2 is 1.76 bits per heavy atom. The highest BCUT2D eigenvalue weighted by Crippen LogP contribution is 2.30. The molecule has 0 spiro atoms. The van der Waals surface area contributed by atoms with Crippen LogP contribution in [0.25, 0.3) is 0 Å². The van der Waals surface area contributed by atoms with Crippen molar-refractivity contribution in [3.8, 4) is 0 Å². The number of alkyl halides is 3. The SMILES string of the molecule is CC(C)(C)n1ncc2c1CCN(C(=O)c1ccc(C(F)(F)F)cc1)C2. The Balaban J connectivity index is 1.78. The molecule has 1 amide bonds. The van der Waals surface area contributed by atoms with Gasteiger partial charge in [0.2, 0.25) is 0 Å². The first kappa shape index (κ1) is 17.5. The fourth-order valence-corrected chi connectivity index (χ4v) is 3.07. The van der Waals surface area contributed by atoms with Gasteiger partial charge in [-0.15, -0.1) is 0 Å². The van der Waals surface area contributed by atoms with E-state index in [1.165, 1.54) is 12.1 Å². The molecule has 0 radical (unpaired) electrons. The average Bonchev–Trinajstić information content (AvgIpc) is 2.96. The van der Waals surface area contributed by atoms with E-state index >= 15 is 0 Å². The lowest BCUT2D eigenvalue weighted by atomic mass is 10.0. The zero-order valence-corrected chi connectivity index (χ0v) is 14.4. The summed E-state index contributed by atoms with van der Waals surface area (Å²) in [6.45, 7) is 7.15. The van der Waals surface area contributed by atoms with Crippen LogP contribution < -0.4 is 0 Å². The first-order chi connectivity index (χ1) is 11.6. The van der Waals surface area contributed by atoms with Crippen LogP contribution in [0.4, 0.5) is 13.2 Å². The third-order valence-corrected chi connectivity index (χ3v) is 4.32. The Labute approximate surface area is 144 Å². The highest BCUT2D eigenvalue weighted by atomic mass is 19.4. The van der Waals surface area contributed by atoms with Gasteiger partial charge in [-0.25, -0.2) is 0 Å². The maximum atomic E-state index is 12.6. The number of rotatable bonds is 1. The number of halogens is 3. The fraction of sp³-hybridized carbons (Fsp3) is 0.444. The minimum atomic E-state index is -4.40. The number of hydrogen-bond donors (Lipinski definition) is 0. The van der Waals surface area contributed by atoms with Gasteiger partial charge in [0, 0.05) is 36.3 Å². The molecule has 0 fully saturated rings. The van der Waals surface area contributed by atoms with Crippen molar-refractivity contribution in [2.45, 2.75) is 45.5 Å². The van der Waals surface area contributed by atoms with E-state index in [-0.39, 0.29) is 17.0 Å². The summed E-state index contributed by atoms with van der Waals surface area (Å²) in [5.74, 6) is -0.261. The Hall–Kier alpha value is -2.31. The number of benzene rings is 1. The second-order valence-corrected chi connectivity index (χ2v) is 7.25. The van der Waals surface area contributed by atoms with Crippen LogP contribution in [0.3, 0.4) is 0 Å². The summed E-state index contributed by atoms with van der Waals surface area (Å²) in [5.41, 5.74) is 1.48. The van der Waals surface area contributed by atoms with Crippen molar-refractivity contribution in [1.82, 2.24) is 14.7 Å². The minimum Gasteiger partial charge on any atom is -0.334 e. The Bertz CT molecular complexity index is 785. The van der Waals surface area contributed by atoms with Gasteiger partial charge in [0.15, 0.2) is 0 Å². The van der Waals surface area contributed by atoms with E-state index in [0.29, 0.717) is 19.5 Å². The zero-order valence-electron chi connectivity index (χ0n) is 14.4. The molecular weight excluding hydrogens is 331 g/mol. The normalized spacial score (nSPS) is 15.2. The summed E-state index contributed by atoms with van der Waals surface area (Å²) in [7, 11) is 0. The molecule has 2 aromatic rings. The number of hydrogen-bond acceptors (Lipinski definition) is 2. The van der Waals surface area contributed by atoms with Crippen molar-refractivity contribution in [2.24, 2.45) is 0 Å². The smallest absolute Gasteiger partial charge is 0.334 e. The largest absolute Gasteiger partial charge is 0.416 e. The van der Waals surface area contributed by atoms with E-state index in [2.05, 4.69) is 25.9 Å². The predicted octanol–water partition coefficient (Wildman–Crippen LogP) is 3.86. The number of carbonyl (C=O) groups excluding carboxylic acids is 1. The van der Waals surface area contributed by atoms with E-state index in [9.17, 15) is 18.0 Å². The first-order valence-corrected chi connectivity index (χ1v) is 8.10. The molecule has 0 aliphatic carbocycles. The highest BCUT2D eigenvalue weighted by Gasteiger charge is 2.31. The zero-order chi connectivity index (χ0) is 18.4. The molecule has 7 heteroatoms. The van der Waals surface area contributed by atoms with E-state index in [1.54, 1.807) is 11.1 Å². The van der Waals surface area contributed by atoms with E-state index in [4.69, 9.17) is 0 Å². The molecular formula is C18H20F3N3O. The molecule has 2 heterocycles. The predicted molar refractivity (Wildman–Crippen MR) is 87.1 cm³/mol. The molecule has 1 aliphatic rings. The van der Waals surface area contributed by atoms with Gasteiger partial charge < -0.3 is 4.90 Å². The molecule has 25 heavy (non-hydrogen) atoms. The molecule has 1 aromatic heterocycles. The summed E-state index contributed by atoms with van der Waals surface area (Å²) in [4.78, 5) is 14.2. The van der Waals surface area contributed by atoms with Crippen molar-refractivity contribution in [1.29, 1.82) is 0 Å². The topological polar surface area (TPSA) is 38.1 Å². The lowest BCUT2D eigenvalue weighted by Crippen LogP contribution is -2.37. The summed E-state index contributed by atoms with van der Waals surface area (Å²) in [6, 6.07) is 4.36. The molecule has 0 N–H and O–H groups in total. The lowest BCUT2D eigenvalue weighted by molar-refractivity contribution is -0.137. The molecule has 3 rings (SSSR count). The second kappa shape index (κ2) is 5.89. The maximum absolute atomic E-state index is 12.6. The van der Waals surface area contributed by atoms with Crippen LogP contribution >= 0.6 is 0 Å². The van der Waals surface area contributed by atoms with E-state index < -0.39 is 11.7 Å². The third-order valence-electron chi connectivity index (χ3n) is 4.32. The van der Waals surface area contributed by atoms with Crippen LogP contribution in [0.15, 0.2) is 30.5 Å². The molecule has 0 bridgehead atoms. The molecule has 1 aromatic carbocycles. The van der Waals surface area contributed by atoms with Crippen LogP contribution in [-0.4, -0.2) is 27.1 Å². The summed E-state index contributed by atoms with van der Waals surface area (Å²) < 4.78 is 39.9. The van der Waals surface area contributed by atoms with Gasteiger partial charge in [0.25, 0.3) is 5.91 Å². The maximum Gasteiger partial charge on any atom is 0.416 e. The van der Waals surface area contributed by atoms with Crippen LogP contribution in [-0.2, 0) is 24.7 Å². The Kier molecular flexibility index (Phi) is 4.13. The molecule has 1 aliphatic heterocycles. The Morgan fingerprint density at radius 3 is 2.32 bits per heavy atom. The third kappa shape index (κ3) is 3.41. The summed E-state index contributed by atoms with van der Waals surface area (Å²) in [6.07, 6.45) is -1.95. The van der Waals surface area contributed by atoms with Gasteiger partial charge in [0.05, 0.1) is 17.3 Å². The fourth-order valence-electron chi connectivity index (χ4n) is 3.07. The summed E-state index contributed by atoms with van der Waals surface area (Å²) >= 11 is 0. The monoisotopic (exact) mass is 351 g/mol. The highest BCUT2D eigenvalue weighted by molar-refractivity contribution is 5.94. The van der Waals surface area contributed by atoms with Crippen molar-refractivity contribution >= 4 is 5.91 Å². The molecule has 134 valence electrons. The van der Waals surface area contributed by atoms with Gasteiger partial charge in [-0.3, -0.25) is 9.48 Å². The van der Waals surface area contributed by atoms with Gasteiger partial charge in [-0.2, -0.15) is 18.3 Å². The van der Waals surface area contributed by atoms with Gasteiger partial charge in [0.1, 0.15) is 0 Å².